The Morgan fingerprint density at radius 1 is 1.53 bits per heavy atom. The van der Waals surface area contributed by atoms with Crippen molar-refractivity contribution >= 4 is 17.3 Å². The van der Waals surface area contributed by atoms with Crippen LogP contribution in [-0.2, 0) is 4.79 Å². The first kappa shape index (κ1) is 13.4. The van der Waals surface area contributed by atoms with Crippen molar-refractivity contribution in [1.82, 2.24) is 0 Å². The molecule has 0 aliphatic carbocycles. The van der Waals surface area contributed by atoms with Gasteiger partial charge in [0.2, 0.25) is 5.91 Å². The first-order valence-corrected chi connectivity index (χ1v) is 5.82. The van der Waals surface area contributed by atoms with Gasteiger partial charge in [-0.05, 0) is 18.6 Å². The molecule has 1 amide bonds. The van der Waals surface area contributed by atoms with Gasteiger partial charge in [-0.3, -0.25) is 4.79 Å². The smallest absolute Gasteiger partial charge is 0.227 e. The van der Waals surface area contributed by atoms with Gasteiger partial charge in [-0.2, -0.15) is 0 Å². The molecule has 1 atom stereocenters. The third-order valence-corrected chi connectivity index (χ3v) is 2.69. The Labute approximate surface area is 102 Å². The van der Waals surface area contributed by atoms with Gasteiger partial charge >= 0.3 is 0 Å². The molecule has 0 bridgehead atoms. The molecule has 0 saturated carbocycles. The summed E-state index contributed by atoms with van der Waals surface area (Å²) in [6, 6.07) is 5.22. The highest BCUT2D eigenvalue weighted by Crippen LogP contribution is 2.24. The summed E-state index contributed by atoms with van der Waals surface area (Å²) < 4.78 is 5.05. The minimum Gasteiger partial charge on any atom is -0.497 e. The Balaban J connectivity index is 2.71. The fourth-order valence-electron chi connectivity index (χ4n) is 1.60. The number of nitrogen functional groups attached to an aromatic ring is 1. The normalized spacial score (nSPS) is 11.9. The molecule has 0 aromatic heterocycles. The van der Waals surface area contributed by atoms with Gasteiger partial charge in [0, 0.05) is 12.0 Å². The maximum Gasteiger partial charge on any atom is 0.227 e. The van der Waals surface area contributed by atoms with E-state index < -0.39 is 0 Å². The Morgan fingerprint density at radius 3 is 2.76 bits per heavy atom. The van der Waals surface area contributed by atoms with Crippen molar-refractivity contribution in [2.45, 2.75) is 26.7 Å². The molecule has 1 aromatic carbocycles. The van der Waals surface area contributed by atoms with E-state index in [0.717, 1.165) is 12.8 Å². The van der Waals surface area contributed by atoms with Crippen LogP contribution in [0, 0.1) is 5.92 Å². The Morgan fingerprint density at radius 2 is 2.24 bits per heavy atom. The second-order valence-electron chi connectivity index (χ2n) is 4.13. The van der Waals surface area contributed by atoms with Crippen molar-refractivity contribution in [2.24, 2.45) is 5.92 Å². The second kappa shape index (κ2) is 6.13. The number of nitrogens with one attached hydrogen (secondary N) is 1. The number of hydrogen-bond donors (Lipinski definition) is 2. The molecule has 0 aliphatic heterocycles. The van der Waals surface area contributed by atoms with Crippen LogP contribution >= 0.6 is 0 Å². The summed E-state index contributed by atoms with van der Waals surface area (Å²) in [7, 11) is 1.58. The minimum absolute atomic E-state index is 0.00139. The highest BCUT2D eigenvalue weighted by molar-refractivity contribution is 5.95. The number of carbonyl (C=O) groups excluding carboxylic acids is 1. The average molecular weight is 236 g/mol. The number of carbonyl (C=O) groups is 1. The standard InChI is InChI=1S/C13H20N2O2/c1-4-5-9(2)13(16)15-12-7-6-10(17-3)8-11(12)14/h6-9H,4-5,14H2,1-3H3,(H,15,16)/t9-/m0/s1. The van der Waals surface area contributed by atoms with Crippen molar-refractivity contribution < 1.29 is 9.53 Å². The summed E-state index contributed by atoms with van der Waals surface area (Å²) in [5.41, 5.74) is 6.98. The molecular weight excluding hydrogens is 216 g/mol. The van der Waals surface area contributed by atoms with E-state index in [4.69, 9.17) is 10.5 Å². The Kier molecular flexibility index (Phi) is 4.82. The van der Waals surface area contributed by atoms with Gasteiger partial charge < -0.3 is 15.8 Å². The fraction of sp³-hybridized carbons (Fsp3) is 0.462. The van der Waals surface area contributed by atoms with Gasteiger partial charge in [-0.25, -0.2) is 0 Å². The number of nitrogens with two attached hydrogens (primary N) is 1. The summed E-state index contributed by atoms with van der Waals surface area (Å²) in [6.07, 6.45) is 1.87. The molecule has 3 N–H and O–H groups in total. The van der Waals surface area contributed by atoms with Gasteiger partial charge in [-0.1, -0.05) is 20.3 Å². The topological polar surface area (TPSA) is 64.3 Å². The number of rotatable bonds is 5. The number of benzene rings is 1. The highest BCUT2D eigenvalue weighted by atomic mass is 16.5. The molecule has 17 heavy (non-hydrogen) atoms. The van der Waals surface area contributed by atoms with Crippen LogP contribution in [0.15, 0.2) is 18.2 Å². The molecule has 0 saturated heterocycles. The van der Waals surface area contributed by atoms with E-state index in [1.54, 1.807) is 25.3 Å². The highest BCUT2D eigenvalue weighted by Gasteiger charge is 2.13. The van der Waals surface area contributed by atoms with Crippen LogP contribution in [0.1, 0.15) is 26.7 Å². The maximum absolute atomic E-state index is 11.8. The van der Waals surface area contributed by atoms with Crippen LogP contribution in [0.3, 0.4) is 0 Å². The van der Waals surface area contributed by atoms with Gasteiger partial charge in [0.1, 0.15) is 5.75 Å². The molecule has 0 unspecified atom stereocenters. The lowest BCUT2D eigenvalue weighted by Crippen LogP contribution is -2.20. The van der Waals surface area contributed by atoms with Crippen molar-refractivity contribution in [2.75, 3.05) is 18.2 Å². The zero-order chi connectivity index (χ0) is 12.8. The fourth-order valence-corrected chi connectivity index (χ4v) is 1.60. The van der Waals surface area contributed by atoms with E-state index in [1.807, 2.05) is 6.92 Å². The molecule has 0 fully saturated rings. The third-order valence-electron chi connectivity index (χ3n) is 2.69. The Hall–Kier alpha value is -1.71. The number of anilines is 2. The van der Waals surface area contributed by atoms with Crippen LogP contribution in [-0.4, -0.2) is 13.0 Å². The third kappa shape index (κ3) is 3.66. The molecular formula is C13H20N2O2. The molecule has 0 aliphatic rings. The first-order chi connectivity index (χ1) is 8.08. The van der Waals surface area contributed by atoms with E-state index in [9.17, 15) is 4.79 Å². The molecule has 0 heterocycles. The van der Waals surface area contributed by atoms with E-state index in [0.29, 0.717) is 17.1 Å². The molecule has 0 spiro atoms. The quantitative estimate of drug-likeness (QED) is 0.772. The summed E-state index contributed by atoms with van der Waals surface area (Å²) >= 11 is 0. The Bertz CT molecular complexity index is 391. The molecule has 4 nitrogen and oxygen atoms in total. The zero-order valence-electron chi connectivity index (χ0n) is 10.6. The van der Waals surface area contributed by atoms with Gasteiger partial charge in [0.15, 0.2) is 0 Å². The zero-order valence-corrected chi connectivity index (χ0v) is 10.6. The molecule has 94 valence electrons. The average Bonchev–Trinajstić information content (AvgIpc) is 2.31. The predicted molar refractivity (Wildman–Crippen MR) is 70.1 cm³/mol. The molecule has 0 radical (unpaired) electrons. The second-order valence-corrected chi connectivity index (χ2v) is 4.13. The van der Waals surface area contributed by atoms with Gasteiger partial charge in [-0.15, -0.1) is 0 Å². The molecule has 4 heteroatoms. The van der Waals surface area contributed by atoms with Crippen LogP contribution in [0.2, 0.25) is 0 Å². The van der Waals surface area contributed by atoms with Crippen molar-refractivity contribution in [3.63, 3.8) is 0 Å². The number of hydrogen-bond acceptors (Lipinski definition) is 3. The summed E-state index contributed by atoms with van der Waals surface area (Å²) in [5, 5.41) is 2.83. The maximum atomic E-state index is 11.8. The van der Waals surface area contributed by atoms with Crippen molar-refractivity contribution in [3.8, 4) is 5.75 Å². The van der Waals surface area contributed by atoms with Crippen LogP contribution < -0.4 is 15.8 Å². The van der Waals surface area contributed by atoms with E-state index in [2.05, 4.69) is 12.2 Å². The van der Waals surface area contributed by atoms with Gasteiger partial charge in [0.05, 0.1) is 18.5 Å². The van der Waals surface area contributed by atoms with Crippen molar-refractivity contribution in [3.05, 3.63) is 18.2 Å². The van der Waals surface area contributed by atoms with E-state index in [1.165, 1.54) is 0 Å². The molecule has 1 aromatic rings. The molecule has 1 rings (SSSR count). The first-order valence-electron chi connectivity index (χ1n) is 5.82. The summed E-state index contributed by atoms with van der Waals surface area (Å²) in [4.78, 5) is 11.8. The minimum atomic E-state index is 0.00139. The SMILES string of the molecule is CCC[C@H](C)C(=O)Nc1ccc(OC)cc1N. The largest absolute Gasteiger partial charge is 0.497 e. The van der Waals surface area contributed by atoms with Crippen LogP contribution in [0.4, 0.5) is 11.4 Å². The van der Waals surface area contributed by atoms with E-state index in [-0.39, 0.29) is 11.8 Å². The summed E-state index contributed by atoms with van der Waals surface area (Å²) in [5.74, 6) is 0.687. The number of ether oxygens (including phenoxy) is 1. The van der Waals surface area contributed by atoms with Crippen LogP contribution in [0.25, 0.3) is 0 Å². The lowest BCUT2D eigenvalue weighted by molar-refractivity contribution is -0.119. The van der Waals surface area contributed by atoms with Crippen LogP contribution in [0.5, 0.6) is 5.75 Å². The monoisotopic (exact) mass is 236 g/mol. The van der Waals surface area contributed by atoms with Gasteiger partial charge in [0.25, 0.3) is 0 Å². The number of methoxy groups -OCH3 is 1. The lowest BCUT2D eigenvalue weighted by Gasteiger charge is -2.13. The van der Waals surface area contributed by atoms with E-state index >= 15 is 0 Å². The summed E-state index contributed by atoms with van der Waals surface area (Å²) in [6.45, 7) is 3.98. The number of amides is 1. The van der Waals surface area contributed by atoms with Crippen molar-refractivity contribution in [1.29, 1.82) is 0 Å². The predicted octanol–water partition coefficient (Wildman–Crippen LogP) is 2.65. The lowest BCUT2D eigenvalue weighted by atomic mass is 10.1.